The zero-order valence-electron chi connectivity index (χ0n) is 11.4. The van der Waals surface area contributed by atoms with E-state index in [1.807, 2.05) is 38.2 Å². The SMILES string of the molecule is CNCc1ccc(Oc2ccc(C)cc2Cl)c(C#N)c1. The Morgan fingerprint density at radius 1 is 1.20 bits per heavy atom. The lowest BCUT2D eigenvalue weighted by Gasteiger charge is -2.10. The highest BCUT2D eigenvalue weighted by atomic mass is 35.5. The number of nitrogens with one attached hydrogen (secondary N) is 1. The number of hydrogen-bond acceptors (Lipinski definition) is 3. The molecule has 0 spiro atoms. The van der Waals surface area contributed by atoms with Gasteiger partial charge in [-0.25, -0.2) is 0 Å². The predicted molar refractivity (Wildman–Crippen MR) is 80.2 cm³/mol. The maximum absolute atomic E-state index is 9.22. The van der Waals surface area contributed by atoms with E-state index in [1.165, 1.54) is 0 Å². The molecule has 0 heterocycles. The monoisotopic (exact) mass is 286 g/mol. The molecule has 0 aliphatic rings. The van der Waals surface area contributed by atoms with Crippen molar-refractivity contribution in [2.75, 3.05) is 7.05 Å². The maximum Gasteiger partial charge on any atom is 0.146 e. The molecule has 0 fully saturated rings. The van der Waals surface area contributed by atoms with E-state index < -0.39 is 0 Å². The van der Waals surface area contributed by atoms with Gasteiger partial charge in [-0.05, 0) is 49.4 Å². The van der Waals surface area contributed by atoms with Gasteiger partial charge in [-0.15, -0.1) is 0 Å². The number of benzene rings is 2. The molecule has 0 radical (unpaired) electrons. The van der Waals surface area contributed by atoms with Crippen LogP contribution in [0.1, 0.15) is 16.7 Å². The van der Waals surface area contributed by atoms with Crippen LogP contribution >= 0.6 is 11.6 Å². The Morgan fingerprint density at radius 2 is 1.95 bits per heavy atom. The van der Waals surface area contributed by atoms with Gasteiger partial charge in [0, 0.05) is 6.54 Å². The van der Waals surface area contributed by atoms with Crippen LogP contribution in [0.2, 0.25) is 5.02 Å². The summed E-state index contributed by atoms with van der Waals surface area (Å²) in [4.78, 5) is 0. The predicted octanol–water partition coefficient (Wildman–Crippen LogP) is 4.03. The number of aryl methyl sites for hydroxylation is 1. The maximum atomic E-state index is 9.22. The van der Waals surface area contributed by atoms with Crippen LogP contribution in [-0.4, -0.2) is 7.05 Å². The van der Waals surface area contributed by atoms with E-state index in [2.05, 4.69) is 11.4 Å². The minimum atomic E-state index is 0.495. The van der Waals surface area contributed by atoms with Gasteiger partial charge in [0.05, 0.1) is 10.6 Å². The Morgan fingerprint density at radius 3 is 2.60 bits per heavy atom. The zero-order valence-corrected chi connectivity index (χ0v) is 12.2. The molecule has 0 amide bonds. The summed E-state index contributed by atoms with van der Waals surface area (Å²) in [5, 5.41) is 12.8. The van der Waals surface area contributed by atoms with Crippen molar-refractivity contribution in [1.82, 2.24) is 5.32 Å². The summed E-state index contributed by atoms with van der Waals surface area (Å²) in [5.74, 6) is 1.06. The van der Waals surface area contributed by atoms with Crippen LogP contribution in [-0.2, 0) is 6.54 Å². The summed E-state index contributed by atoms with van der Waals surface area (Å²) in [7, 11) is 1.86. The van der Waals surface area contributed by atoms with E-state index in [-0.39, 0.29) is 0 Å². The van der Waals surface area contributed by atoms with Crippen molar-refractivity contribution in [3.8, 4) is 17.6 Å². The van der Waals surface area contributed by atoms with Crippen LogP contribution in [0.4, 0.5) is 0 Å². The minimum Gasteiger partial charge on any atom is -0.454 e. The second-order valence-corrected chi connectivity index (χ2v) is 4.92. The second kappa shape index (κ2) is 6.42. The Labute approximate surface area is 123 Å². The highest BCUT2D eigenvalue weighted by molar-refractivity contribution is 6.32. The average Bonchev–Trinajstić information content (AvgIpc) is 2.43. The number of ether oxygens (including phenoxy) is 1. The number of halogens is 1. The first-order valence-electron chi connectivity index (χ1n) is 6.25. The molecule has 1 N–H and O–H groups in total. The number of nitrogens with zero attached hydrogens (tertiary/aromatic N) is 1. The summed E-state index contributed by atoms with van der Waals surface area (Å²) >= 11 is 6.14. The van der Waals surface area contributed by atoms with Crippen molar-refractivity contribution >= 4 is 11.6 Å². The highest BCUT2D eigenvalue weighted by Gasteiger charge is 2.08. The van der Waals surface area contributed by atoms with Gasteiger partial charge in [-0.2, -0.15) is 5.26 Å². The molecule has 102 valence electrons. The molecular formula is C16H15ClN2O. The van der Waals surface area contributed by atoms with E-state index in [9.17, 15) is 5.26 Å². The van der Waals surface area contributed by atoms with Crippen molar-refractivity contribution in [3.63, 3.8) is 0 Å². The lowest BCUT2D eigenvalue weighted by atomic mass is 10.1. The van der Waals surface area contributed by atoms with Gasteiger partial charge in [0.2, 0.25) is 0 Å². The third-order valence-electron chi connectivity index (χ3n) is 2.85. The Balaban J connectivity index is 2.31. The standard InChI is InChI=1S/C16H15ClN2O/c1-11-3-5-16(14(17)7-11)20-15-6-4-12(10-19-2)8-13(15)9-18/h3-8,19H,10H2,1-2H3. The number of hydrogen-bond donors (Lipinski definition) is 1. The van der Waals surface area contributed by atoms with Gasteiger partial charge in [0.15, 0.2) is 0 Å². The number of rotatable bonds is 4. The molecule has 20 heavy (non-hydrogen) atoms. The molecule has 3 nitrogen and oxygen atoms in total. The molecule has 2 rings (SSSR count). The second-order valence-electron chi connectivity index (χ2n) is 4.51. The fourth-order valence-corrected chi connectivity index (χ4v) is 2.15. The lowest BCUT2D eigenvalue weighted by Crippen LogP contribution is -2.05. The largest absolute Gasteiger partial charge is 0.454 e. The first-order valence-corrected chi connectivity index (χ1v) is 6.63. The van der Waals surface area contributed by atoms with Gasteiger partial charge < -0.3 is 10.1 Å². The first-order chi connectivity index (χ1) is 9.63. The van der Waals surface area contributed by atoms with Crippen LogP contribution in [0.15, 0.2) is 36.4 Å². The molecule has 0 unspecified atom stereocenters. The van der Waals surface area contributed by atoms with Gasteiger partial charge in [-0.1, -0.05) is 23.7 Å². The van der Waals surface area contributed by atoms with Gasteiger partial charge in [0.1, 0.15) is 17.6 Å². The van der Waals surface area contributed by atoms with Crippen molar-refractivity contribution in [1.29, 1.82) is 5.26 Å². The third kappa shape index (κ3) is 3.30. The summed E-state index contributed by atoms with van der Waals surface area (Å²) in [6, 6.07) is 13.2. The van der Waals surface area contributed by atoms with Crippen molar-refractivity contribution in [2.24, 2.45) is 0 Å². The molecule has 0 saturated carbocycles. The highest BCUT2D eigenvalue weighted by Crippen LogP contribution is 2.32. The van der Waals surface area contributed by atoms with Gasteiger partial charge in [-0.3, -0.25) is 0 Å². The molecule has 2 aromatic rings. The number of nitriles is 1. The molecule has 0 aliphatic heterocycles. The quantitative estimate of drug-likeness (QED) is 0.923. The average molecular weight is 287 g/mol. The van der Waals surface area contributed by atoms with Gasteiger partial charge >= 0.3 is 0 Å². The molecule has 0 bridgehead atoms. The zero-order chi connectivity index (χ0) is 14.5. The molecular weight excluding hydrogens is 272 g/mol. The molecule has 2 aromatic carbocycles. The Kier molecular flexibility index (Phi) is 4.62. The van der Waals surface area contributed by atoms with E-state index in [0.29, 0.717) is 28.6 Å². The summed E-state index contributed by atoms with van der Waals surface area (Å²) in [6.07, 6.45) is 0. The molecule has 0 atom stereocenters. The first kappa shape index (κ1) is 14.4. The van der Waals surface area contributed by atoms with E-state index >= 15 is 0 Å². The normalized spacial score (nSPS) is 10.1. The Bertz CT molecular complexity index is 662. The summed E-state index contributed by atoms with van der Waals surface area (Å²) in [5.41, 5.74) is 2.59. The molecule has 0 aromatic heterocycles. The van der Waals surface area contributed by atoms with E-state index in [1.54, 1.807) is 12.1 Å². The topological polar surface area (TPSA) is 45.0 Å². The van der Waals surface area contributed by atoms with Crippen molar-refractivity contribution in [3.05, 3.63) is 58.1 Å². The lowest BCUT2D eigenvalue weighted by molar-refractivity contribution is 0.481. The summed E-state index contributed by atoms with van der Waals surface area (Å²) in [6.45, 7) is 2.67. The molecule has 4 heteroatoms. The van der Waals surface area contributed by atoms with Crippen LogP contribution in [0.3, 0.4) is 0 Å². The van der Waals surface area contributed by atoms with E-state index in [4.69, 9.17) is 16.3 Å². The molecule has 0 aliphatic carbocycles. The minimum absolute atomic E-state index is 0.495. The van der Waals surface area contributed by atoms with Crippen LogP contribution < -0.4 is 10.1 Å². The van der Waals surface area contributed by atoms with E-state index in [0.717, 1.165) is 11.1 Å². The molecule has 0 saturated heterocycles. The van der Waals surface area contributed by atoms with Crippen molar-refractivity contribution in [2.45, 2.75) is 13.5 Å². The fraction of sp³-hybridized carbons (Fsp3) is 0.188. The third-order valence-corrected chi connectivity index (χ3v) is 3.15. The fourth-order valence-electron chi connectivity index (χ4n) is 1.87. The van der Waals surface area contributed by atoms with Crippen LogP contribution in [0.5, 0.6) is 11.5 Å². The van der Waals surface area contributed by atoms with Crippen LogP contribution in [0.25, 0.3) is 0 Å². The smallest absolute Gasteiger partial charge is 0.146 e. The summed E-state index contributed by atoms with van der Waals surface area (Å²) < 4.78 is 5.74. The van der Waals surface area contributed by atoms with Gasteiger partial charge in [0.25, 0.3) is 0 Å². The Hall–Kier alpha value is -2.02. The van der Waals surface area contributed by atoms with Crippen LogP contribution in [0, 0.1) is 18.3 Å². The van der Waals surface area contributed by atoms with Crippen molar-refractivity contribution < 1.29 is 4.74 Å².